The summed E-state index contributed by atoms with van der Waals surface area (Å²) >= 11 is 0. The summed E-state index contributed by atoms with van der Waals surface area (Å²) in [4.78, 5) is 13.5. The van der Waals surface area contributed by atoms with Crippen molar-refractivity contribution in [1.82, 2.24) is 15.0 Å². The van der Waals surface area contributed by atoms with Crippen molar-refractivity contribution in [2.45, 2.75) is 25.2 Å². The number of rotatable bonds is 3. The van der Waals surface area contributed by atoms with E-state index in [0.717, 1.165) is 36.5 Å². The van der Waals surface area contributed by atoms with Crippen LogP contribution >= 0.6 is 0 Å². The molecule has 3 nitrogen and oxygen atoms in total. The van der Waals surface area contributed by atoms with Crippen molar-refractivity contribution in [3.63, 3.8) is 0 Å². The average molecular weight is 327 g/mol. The lowest BCUT2D eigenvalue weighted by atomic mass is 9.83. The number of benzene rings is 1. The molecule has 0 amide bonds. The third-order valence-corrected chi connectivity index (χ3v) is 4.83. The van der Waals surface area contributed by atoms with Gasteiger partial charge in [-0.2, -0.15) is 0 Å². The first-order chi connectivity index (χ1) is 12.4. The maximum Gasteiger partial charge on any atom is 0.163 e. The quantitative estimate of drug-likeness (QED) is 0.742. The lowest BCUT2D eigenvalue weighted by Gasteiger charge is -2.23. The Morgan fingerprint density at radius 1 is 0.880 bits per heavy atom. The van der Waals surface area contributed by atoms with E-state index < -0.39 is 0 Å². The second-order valence-electron chi connectivity index (χ2n) is 6.46. The van der Waals surface area contributed by atoms with Crippen LogP contribution in [0.2, 0.25) is 0 Å². The molecule has 124 valence electrons. The van der Waals surface area contributed by atoms with E-state index in [1.165, 1.54) is 5.57 Å². The smallest absolute Gasteiger partial charge is 0.163 e. The van der Waals surface area contributed by atoms with E-state index in [-0.39, 0.29) is 0 Å². The van der Waals surface area contributed by atoms with Crippen LogP contribution in [0.4, 0.5) is 0 Å². The molecule has 0 saturated heterocycles. The first-order valence-electron chi connectivity index (χ1n) is 8.85. The highest BCUT2D eigenvalue weighted by molar-refractivity contribution is 5.53. The van der Waals surface area contributed by atoms with Gasteiger partial charge in [0.15, 0.2) is 5.82 Å². The van der Waals surface area contributed by atoms with Crippen molar-refractivity contribution in [2.24, 2.45) is 5.92 Å². The Bertz CT molecular complexity index is 831. The summed E-state index contributed by atoms with van der Waals surface area (Å²) in [6.07, 6.45) is 20.2. The summed E-state index contributed by atoms with van der Waals surface area (Å²) in [5.74, 6) is 2.49. The van der Waals surface area contributed by atoms with E-state index in [4.69, 9.17) is 4.98 Å². The zero-order chi connectivity index (χ0) is 16.9. The molecule has 0 saturated carbocycles. The van der Waals surface area contributed by atoms with E-state index in [0.29, 0.717) is 11.8 Å². The van der Waals surface area contributed by atoms with E-state index in [1.807, 2.05) is 30.3 Å². The van der Waals surface area contributed by atoms with Gasteiger partial charge in [-0.1, -0.05) is 78.4 Å². The molecule has 0 radical (unpaired) electrons. The standard InChI is InChI=1S/C22H21N3/c1-2-5-9-17(8-4-1)18-12-14-20(15-13-18)22-24-16-23-21(25-22)19-10-6-3-7-11-19/h1-12,16-17,20H,13-15H2. The molecule has 4 rings (SSSR count). The minimum absolute atomic E-state index is 0.381. The highest BCUT2D eigenvalue weighted by atomic mass is 15.0. The van der Waals surface area contributed by atoms with Crippen LogP contribution in [-0.2, 0) is 0 Å². The summed E-state index contributed by atoms with van der Waals surface area (Å²) < 4.78 is 0. The number of hydrogen-bond donors (Lipinski definition) is 0. The number of allylic oxidation sites excluding steroid dienone is 8. The van der Waals surface area contributed by atoms with Gasteiger partial charge < -0.3 is 0 Å². The van der Waals surface area contributed by atoms with Gasteiger partial charge in [0.1, 0.15) is 12.2 Å². The van der Waals surface area contributed by atoms with Crippen LogP contribution in [0, 0.1) is 5.92 Å². The van der Waals surface area contributed by atoms with Gasteiger partial charge in [-0.15, -0.1) is 0 Å². The SMILES string of the molecule is C1=CC=CC(C2=CCC(c3ncnc(-c4ccccc4)n3)CC2)C=C1. The Morgan fingerprint density at radius 2 is 1.68 bits per heavy atom. The van der Waals surface area contributed by atoms with E-state index >= 15 is 0 Å². The Balaban J connectivity index is 1.51. The van der Waals surface area contributed by atoms with E-state index in [1.54, 1.807) is 6.33 Å². The van der Waals surface area contributed by atoms with Gasteiger partial charge >= 0.3 is 0 Å². The molecule has 1 atom stereocenters. The molecule has 2 aromatic rings. The summed E-state index contributed by atoms with van der Waals surface area (Å²) in [6, 6.07) is 10.1. The largest absolute Gasteiger partial charge is 0.221 e. The Hall–Kier alpha value is -2.81. The molecule has 1 aromatic carbocycles. The fraction of sp³-hybridized carbons (Fsp3) is 0.227. The maximum absolute atomic E-state index is 4.73. The summed E-state index contributed by atoms with van der Waals surface area (Å²) in [5.41, 5.74) is 2.55. The van der Waals surface area contributed by atoms with Gasteiger partial charge in [0.05, 0.1) is 0 Å². The number of hydrogen-bond acceptors (Lipinski definition) is 3. The fourth-order valence-corrected chi connectivity index (χ4v) is 3.43. The molecule has 1 heterocycles. The predicted molar refractivity (Wildman–Crippen MR) is 101 cm³/mol. The number of nitrogens with zero attached hydrogens (tertiary/aromatic N) is 3. The molecule has 0 aliphatic heterocycles. The zero-order valence-corrected chi connectivity index (χ0v) is 14.1. The first kappa shape index (κ1) is 15.7. The molecule has 2 aliphatic carbocycles. The Kier molecular flexibility index (Phi) is 4.64. The van der Waals surface area contributed by atoms with Crippen LogP contribution in [0.3, 0.4) is 0 Å². The highest BCUT2D eigenvalue weighted by Gasteiger charge is 2.21. The third kappa shape index (κ3) is 3.66. The zero-order valence-electron chi connectivity index (χ0n) is 14.1. The van der Waals surface area contributed by atoms with Gasteiger partial charge in [0.25, 0.3) is 0 Å². The summed E-state index contributed by atoms with van der Waals surface area (Å²) in [7, 11) is 0. The average Bonchev–Trinajstić information content (AvgIpc) is 2.98. The maximum atomic E-state index is 4.73. The van der Waals surface area contributed by atoms with Crippen molar-refractivity contribution < 1.29 is 0 Å². The fourth-order valence-electron chi connectivity index (χ4n) is 3.43. The first-order valence-corrected chi connectivity index (χ1v) is 8.85. The molecule has 3 heteroatoms. The normalized spacial score (nSPS) is 20.3. The monoisotopic (exact) mass is 327 g/mol. The lowest BCUT2D eigenvalue weighted by Crippen LogP contribution is -2.12. The Labute approximate surface area is 148 Å². The van der Waals surface area contributed by atoms with Crippen LogP contribution in [0.5, 0.6) is 0 Å². The minimum Gasteiger partial charge on any atom is -0.221 e. The third-order valence-electron chi connectivity index (χ3n) is 4.83. The van der Waals surface area contributed by atoms with Crippen molar-refractivity contribution in [3.8, 4) is 11.4 Å². The van der Waals surface area contributed by atoms with Crippen LogP contribution < -0.4 is 0 Å². The molecular formula is C22H21N3. The van der Waals surface area contributed by atoms with Crippen LogP contribution in [0.25, 0.3) is 11.4 Å². The summed E-state index contributed by atoms with van der Waals surface area (Å²) in [5, 5.41) is 0. The van der Waals surface area contributed by atoms with Crippen molar-refractivity contribution in [3.05, 3.63) is 90.6 Å². The van der Waals surface area contributed by atoms with Crippen molar-refractivity contribution in [2.75, 3.05) is 0 Å². The molecule has 1 unspecified atom stereocenters. The van der Waals surface area contributed by atoms with E-state index in [9.17, 15) is 0 Å². The molecule has 2 aliphatic rings. The Morgan fingerprint density at radius 3 is 2.40 bits per heavy atom. The van der Waals surface area contributed by atoms with Gasteiger partial charge in [-0.3, -0.25) is 0 Å². The molecule has 0 fully saturated rings. The van der Waals surface area contributed by atoms with Crippen LogP contribution in [-0.4, -0.2) is 15.0 Å². The van der Waals surface area contributed by atoms with Gasteiger partial charge in [-0.25, -0.2) is 15.0 Å². The molecule has 0 spiro atoms. The minimum atomic E-state index is 0.381. The highest BCUT2D eigenvalue weighted by Crippen LogP contribution is 2.34. The molecule has 0 bridgehead atoms. The molecular weight excluding hydrogens is 306 g/mol. The second kappa shape index (κ2) is 7.39. The van der Waals surface area contributed by atoms with Crippen LogP contribution in [0.15, 0.2) is 84.8 Å². The molecule has 25 heavy (non-hydrogen) atoms. The molecule has 1 aromatic heterocycles. The topological polar surface area (TPSA) is 38.7 Å². The lowest BCUT2D eigenvalue weighted by molar-refractivity contribution is 0.551. The molecule has 0 N–H and O–H groups in total. The predicted octanol–water partition coefficient (Wildman–Crippen LogP) is 5.03. The van der Waals surface area contributed by atoms with Crippen LogP contribution in [0.1, 0.15) is 31.0 Å². The number of aromatic nitrogens is 3. The summed E-state index contributed by atoms with van der Waals surface area (Å²) in [6.45, 7) is 0. The van der Waals surface area contributed by atoms with Crippen molar-refractivity contribution in [1.29, 1.82) is 0 Å². The second-order valence-corrected chi connectivity index (χ2v) is 6.46. The van der Waals surface area contributed by atoms with Crippen molar-refractivity contribution >= 4 is 0 Å². The van der Waals surface area contributed by atoms with Gasteiger partial charge in [0, 0.05) is 17.4 Å². The van der Waals surface area contributed by atoms with E-state index in [2.05, 4.69) is 52.5 Å². The van der Waals surface area contributed by atoms with Gasteiger partial charge in [-0.05, 0) is 19.3 Å². The van der Waals surface area contributed by atoms with Gasteiger partial charge in [0.2, 0.25) is 0 Å².